The van der Waals surface area contributed by atoms with E-state index in [2.05, 4.69) is 24.9 Å². The maximum atomic E-state index is 7.57. The van der Waals surface area contributed by atoms with Crippen LogP contribution in [0.1, 0.15) is 33.6 Å². The molecule has 0 amide bonds. The summed E-state index contributed by atoms with van der Waals surface area (Å²) in [7, 11) is 0. The second-order valence-corrected chi connectivity index (χ2v) is 6.16. The predicted molar refractivity (Wildman–Crippen MR) is 87.6 cm³/mol. The van der Waals surface area contributed by atoms with Crippen LogP contribution >= 0.6 is 11.3 Å². The lowest BCUT2D eigenvalue weighted by molar-refractivity contribution is 0.321. The first kappa shape index (κ1) is 15.5. The number of ether oxygens (including phenoxy) is 1. The number of benzene rings is 1. The molecule has 3 N–H and O–H groups in total. The van der Waals surface area contributed by atoms with E-state index in [1.54, 1.807) is 0 Å². The van der Waals surface area contributed by atoms with Crippen molar-refractivity contribution in [3.8, 4) is 5.75 Å². The molecule has 0 unspecified atom stereocenters. The number of hydrogen-bond donors (Lipinski definition) is 2. The largest absolute Gasteiger partial charge is 0.493 e. The van der Waals surface area contributed by atoms with Crippen LogP contribution in [0.4, 0.5) is 0 Å². The molecule has 1 aromatic carbocycles. The quantitative estimate of drug-likeness (QED) is 0.635. The van der Waals surface area contributed by atoms with Crippen LogP contribution in [0, 0.1) is 19.3 Å². The number of amidine groups is 1. The summed E-state index contributed by atoms with van der Waals surface area (Å²) in [6, 6.07) is 6.20. The molecule has 0 radical (unpaired) electrons. The van der Waals surface area contributed by atoms with E-state index in [4.69, 9.17) is 15.9 Å². The zero-order valence-corrected chi connectivity index (χ0v) is 13.5. The molecule has 0 aliphatic heterocycles. The van der Waals surface area contributed by atoms with Crippen LogP contribution in [0.3, 0.4) is 0 Å². The fourth-order valence-corrected chi connectivity index (χ4v) is 3.22. The topological polar surface area (TPSA) is 72.0 Å². The molecule has 21 heavy (non-hydrogen) atoms. The van der Waals surface area contributed by atoms with Gasteiger partial charge in [0.1, 0.15) is 11.6 Å². The van der Waals surface area contributed by atoms with Gasteiger partial charge in [-0.25, -0.2) is 4.98 Å². The summed E-state index contributed by atoms with van der Waals surface area (Å²) in [5.41, 5.74) is 8.89. The van der Waals surface area contributed by atoms with Gasteiger partial charge in [-0.15, -0.1) is 11.3 Å². The molecular formula is C16H21N3OS. The van der Waals surface area contributed by atoms with E-state index in [0.717, 1.165) is 34.2 Å². The van der Waals surface area contributed by atoms with Crippen molar-refractivity contribution < 1.29 is 4.74 Å². The lowest BCUT2D eigenvalue weighted by Crippen LogP contribution is -2.11. The number of hydrogen-bond acceptors (Lipinski definition) is 4. The van der Waals surface area contributed by atoms with Crippen molar-refractivity contribution >= 4 is 17.2 Å². The minimum absolute atomic E-state index is 0.103. The third-order valence-corrected chi connectivity index (χ3v) is 4.29. The Labute approximate surface area is 129 Å². The first-order valence-electron chi connectivity index (χ1n) is 7.03. The molecule has 2 rings (SSSR count). The Morgan fingerprint density at radius 2 is 1.95 bits per heavy atom. The van der Waals surface area contributed by atoms with Crippen molar-refractivity contribution in [2.45, 2.75) is 33.6 Å². The second-order valence-electron chi connectivity index (χ2n) is 5.07. The number of nitrogens with zero attached hydrogens (tertiary/aromatic N) is 1. The van der Waals surface area contributed by atoms with Crippen molar-refractivity contribution in [2.24, 2.45) is 5.73 Å². The molecule has 0 atom stereocenters. The lowest BCUT2D eigenvalue weighted by atomic mass is 10.1. The molecule has 5 heteroatoms. The lowest BCUT2D eigenvalue weighted by Gasteiger charge is -2.07. The van der Waals surface area contributed by atoms with Gasteiger partial charge >= 0.3 is 0 Å². The molecule has 0 bridgehead atoms. The Kier molecular flexibility index (Phi) is 4.96. The fourth-order valence-electron chi connectivity index (χ4n) is 2.23. The third-order valence-electron chi connectivity index (χ3n) is 3.10. The normalized spacial score (nSPS) is 10.6. The average Bonchev–Trinajstić information content (AvgIpc) is 2.81. The van der Waals surface area contributed by atoms with Crippen molar-refractivity contribution in [3.63, 3.8) is 0 Å². The maximum Gasteiger partial charge on any atom is 0.135 e. The summed E-state index contributed by atoms with van der Waals surface area (Å²) >= 11 is 1.49. The molecule has 0 aliphatic carbocycles. The van der Waals surface area contributed by atoms with E-state index >= 15 is 0 Å². The van der Waals surface area contributed by atoms with Gasteiger partial charge in [0.05, 0.1) is 22.2 Å². The average molecular weight is 303 g/mol. The Balaban J connectivity index is 1.98. The molecule has 0 fully saturated rings. The van der Waals surface area contributed by atoms with Crippen LogP contribution in [-0.4, -0.2) is 17.4 Å². The summed E-state index contributed by atoms with van der Waals surface area (Å²) in [4.78, 5) is 5.32. The summed E-state index contributed by atoms with van der Waals surface area (Å²) in [5.74, 6) is 0.998. The molecule has 112 valence electrons. The van der Waals surface area contributed by atoms with Crippen molar-refractivity contribution in [2.75, 3.05) is 6.61 Å². The van der Waals surface area contributed by atoms with E-state index < -0.39 is 0 Å². The highest BCUT2D eigenvalue weighted by Gasteiger charge is 2.12. The van der Waals surface area contributed by atoms with Gasteiger partial charge in [-0.1, -0.05) is 13.0 Å². The van der Waals surface area contributed by atoms with Crippen LogP contribution in [0.15, 0.2) is 18.2 Å². The summed E-state index contributed by atoms with van der Waals surface area (Å²) in [5, 5.41) is 8.54. The molecular weight excluding hydrogens is 282 g/mol. The number of aryl methyl sites for hydroxylation is 3. The second kappa shape index (κ2) is 6.72. The van der Waals surface area contributed by atoms with E-state index in [0.29, 0.717) is 6.61 Å². The zero-order valence-electron chi connectivity index (χ0n) is 12.7. The van der Waals surface area contributed by atoms with Gasteiger partial charge < -0.3 is 10.5 Å². The molecule has 1 heterocycles. The first-order chi connectivity index (χ1) is 9.99. The van der Waals surface area contributed by atoms with Crippen molar-refractivity contribution in [3.05, 3.63) is 44.9 Å². The monoisotopic (exact) mass is 303 g/mol. The molecule has 1 aromatic heterocycles. The van der Waals surface area contributed by atoms with Gasteiger partial charge in [0, 0.05) is 6.42 Å². The van der Waals surface area contributed by atoms with Crippen molar-refractivity contribution in [1.82, 2.24) is 4.98 Å². The molecule has 0 saturated heterocycles. The molecule has 4 nitrogen and oxygen atoms in total. The minimum Gasteiger partial charge on any atom is -0.493 e. The summed E-state index contributed by atoms with van der Waals surface area (Å²) in [6.45, 7) is 6.73. The highest BCUT2D eigenvalue weighted by Crippen LogP contribution is 2.20. The number of nitrogens with one attached hydrogen (secondary N) is 1. The van der Waals surface area contributed by atoms with Gasteiger partial charge in [0.2, 0.25) is 0 Å². The van der Waals surface area contributed by atoms with E-state index in [1.165, 1.54) is 22.5 Å². The fraction of sp³-hybridized carbons (Fsp3) is 0.375. The first-order valence-corrected chi connectivity index (χ1v) is 7.85. The standard InChI is InChI=1S/C16H21N3OS/c1-4-13-15(16(17)18)21-14(19-13)5-6-20-12-8-10(2)7-11(3)9-12/h7-9H,4-6H2,1-3H3,(H3,17,18). The van der Waals surface area contributed by atoms with Crippen LogP contribution in [-0.2, 0) is 12.8 Å². The number of aromatic nitrogens is 1. The third kappa shape index (κ3) is 4.04. The highest BCUT2D eigenvalue weighted by molar-refractivity contribution is 7.13. The van der Waals surface area contributed by atoms with E-state index in [-0.39, 0.29) is 5.84 Å². The van der Waals surface area contributed by atoms with E-state index in [1.807, 2.05) is 19.1 Å². The number of nitrogens with two attached hydrogens (primary N) is 1. The number of thiazole rings is 1. The Morgan fingerprint density at radius 3 is 2.48 bits per heavy atom. The van der Waals surface area contributed by atoms with Crippen LogP contribution in [0.5, 0.6) is 5.75 Å². The highest BCUT2D eigenvalue weighted by atomic mass is 32.1. The smallest absolute Gasteiger partial charge is 0.135 e. The minimum atomic E-state index is 0.103. The predicted octanol–water partition coefficient (Wildman–Crippen LogP) is 3.23. The van der Waals surface area contributed by atoms with Gasteiger partial charge in [0.25, 0.3) is 0 Å². The van der Waals surface area contributed by atoms with E-state index in [9.17, 15) is 0 Å². The number of rotatable bonds is 6. The maximum absolute atomic E-state index is 7.57. The summed E-state index contributed by atoms with van der Waals surface area (Å²) in [6.07, 6.45) is 1.53. The SMILES string of the molecule is CCc1nc(CCOc2cc(C)cc(C)c2)sc1C(=N)N. The summed E-state index contributed by atoms with van der Waals surface area (Å²) < 4.78 is 5.80. The van der Waals surface area contributed by atoms with Crippen molar-refractivity contribution in [1.29, 1.82) is 5.41 Å². The van der Waals surface area contributed by atoms with Crippen LogP contribution < -0.4 is 10.5 Å². The Bertz CT molecular complexity index is 629. The molecule has 0 spiro atoms. The Hall–Kier alpha value is -1.88. The van der Waals surface area contributed by atoms with Gasteiger partial charge in [-0.05, 0) is 43.5 Å². The molecule has 0 aliphatic rings. The van der Waals surface area contributed by atoms with Gasteiger partial charge in [-0.2, -0.15) is 0 Å². The zero-order chi connectivity index (χ0) is 15.4. The van der Waals surface area contributed by atoms with Gasteiger partial charge in [-0.3, -0.25) is 5.41 Å². The van der Waals surface area contributed by atoms with Crippen LogP contribution in [0.25, 0.3) is 0 Å². The van der Waals surface area contributed by atoms with Crippen LogP contribution in [0.2, 0.25) is 0 Å². The molecule has 0 saturated carbocycles. The van der Waals surface area contributed by atoms with Gasteiger partial charge in [0.15, 0.2) is 0 Å². The number of nitrogen functional groups attached to an aromatic ring is 1. The Morgan fingerprint density at radius 1 is 1.29 bits per heavy atom. The molecule has 2 aromatic rings.